The number of benzene rings is 2. The molecule has 1 aliphatic carbocycles. The summed E-state index contributed by atoms with van der Waals surface area (Å²) in [4.78, 5) is 20.9. The quantitative estimate of drug-likeness (QED) is 0.196. The predicted octanol–water partition coefficient (Wildman–Crippen LogP) is 3.87. The summed E-state index contributed by atoms with van der Waals surface area (Å²) >= 11 is 0. The number of hydrogen-bond acceptors (Lipinski definition) is 9. The van der Waals surface area contributed by atoms with E-state index < -0.39 is 25.5 Å². The predicted molar refractivity (Wildman–Crippen MR) is 145 cm³/mol. The number of nitrogens with zero attached hydrogens (tertiary/aromatic N) is 2. The number of anilines is 2. The lowest BCUT2D eigenvalue weighted by atomic mass is 9.99. The summed E-state index contributed by atoms with van der Waals surface area (Å²) in [5.74, 6) is -0.134. The van der Waals surface area contributed by atoms with Crippen molar-refractivity contribution in [2.75, 3.05) is 9.44 Å². The van der Waals surface area contributed by atoms with E-state index in [1.165, 1.54) is 48.8 Å². The maximum Gasteiger partial charge on any atom is 0.279 e. The highest BCUT2D eigenvalue weighted by Crippen LogP contribution is 2.40. The number of rotatable bonds is 7. The summed E-state index contributed by atoms with van der Waals surface area (Å²) in [6.07, 6.45) is 2.89. The van der Waals surface area contributed by atoms with Gasteiger partial charge < -0.3 is 9.52 Å². The topological polar surface area (TPSA) is 169 Å². The van der Waals surface area contributed by atoms with Crippen molar-refractivity contribution in [1.29, 1.82) is 0 Å². The summed E-state index contributed by atoms with van der Waals surface area (Å²) in [5, 5.41) is 10.7. The van der Waals surface area contributed by atoms with Crippen molar-refractivity contribution < 1.29 is 26.4 Å². The van der Waals surface area contributed by atoms with Gasteiger partial charge in [0.25, 0.3) is 20.0 Å². The van der Waals surface area contributed by atoms with E-state index in [1.54, 1.807) is 32.0 Å². The third-order valence-corrected chi connectivity index (χ3v) is 8.61. The van der Waals surface area contributed by atoms with E-state index in [-0.39, 0.29) is 56.1 Å². The molecule has 1 aromatic carbocycles. The number of aryl methyl sites for hydroxylation is 1. The second-order valence-electron chi connectivity index (χ2n) is 8.61. The van der Waals surface area contributed by atoms with Gasteiger partial charge in [0.15, 0.2) is 10.1 Å². The Hall–Kier alpha value is -4.49. The molecule has 1 aliphatic heterocycles. The molecule has 11 nitrogen and oxygen atoms in total. The van der Waals surface area contributed by atoms with Gasteiger partial charge in [-0.25, -0.2) is 9.97 Å². The molecule has 3 heterocycles. The molecule has 0 amide bonds. The van der Waals surface area contributed by atoms with E-state index in [1.807, 2.05) is 0 Å². The molecule has 200 valence electrons. The molecule has 3 aromatic rings. The number of aromatic hydroxyl groups is 1. The van der Waals surface area contributed by atoms with E-state index >= 15 is 0 Å². The van der Waals surface area contributed by atoms with Crippen molar-refractivity contribution in [3.63, 3.8) is 0 Å². The Morgan fingerprint density at radius 3 is 2.00 bits per heavy atom. The molecule has 2 aromatic heterocycles. The van der Waals surface area contributed by atoms with Crippen LogP contribution in [0.15, 0.2) is 86.3 Å². The number of aromatic nitrogens is 2. The first-order chi connectivity index (χ1) is 18.5. The van der Waals surface area contributed by atoms with Crippen LogP contribution in [0.2, 0.25) is 0 Å². The molecule has 3 N–H and O–H groups in total. The van der Waals surface area contributed by atoms with Crippen molar-refractivity contribution in [3.05, 3.63) is 88.3 Å². The van der Waals surface area contributed by atoms with Gasteiger partial charge in [-0.1, -0.05) is 19.1 Å². The Kier molecular flexibility index (Phi) is 6.48. The van der Waals surface area contributed by atoms with Crippen molar-refractivity contribution in [2.45, 2.75) is 30.3 Å². The van der Waals surface area contributed by atoms with Crippen molar-refractivity contribution in [2.24, 2.45) is 0 Å². The SMILES string of the molecule is CCc1c2oc3c(C)c(O)c(NS(=O)(=O)c4ccccn4)cc3cc-2cc(NS(=O)(=O)c2ccccn2)c1=O. The number of nitrogens with one attached hydrogen (secondary N) is 2. The van der Waals surface area contributed by atoms with Crippen molar-refractivity contribution in [1.82, 2.24) is 9.97 Å². The van der Waals surface area contributed by atoms with Crippen LogP contribution >= 0.6 is 0 Å². The van der Waals surface area contributed by atoms with Crippen molar-refractivity contribution >= 4 is 42.4 Å². The van der Waals surface area contributed by atoms with Crippen LogP contribution in [0.1, 0.15) is 18.1 Å². The largest absolute Gasteiger partial charge is 0.505 e. The minimum absolute atomic E-state index is 0.104. The van der Waals surface area contributed by atoms with Gasteiger partial charge in [-0.3, -0.25) is 14.2 Å². The molecule has 2 aliphatic rings. The van der Waals surface area contributed by atoms with Crippen LogP contribution < -0.4 is 14.9 Å². The standard InChI is InChI=1S/C26H22N4O7S2/c1-3-18-24(32)20(30-39(35,36)22-9-5-7-11-28-22)14-17-12-16-13-19(23(31)15(2)25(16)37-26(17)18)29-38(33,34)21-8-4-6-10-27-21/h4-14,29-31H,3H2,1-2H3. The second-order valence-corrected chi connectivity index (χ2v) is 11.9. The maximum atomic E-state index is 13.2. The zero-order chi connectivity index (χ0) is 27.9. The molecule has 0 atom stereocenters. The zero-order valence-corrected chi connectivity index (χ0v) is 22.3. The Labute approximate surface area is 223 Å². The average Bonchev–Trinajstić information content (AvgIpc) is 2.92. The smallest absolute Gasteiger partial charge is 0.279 e. The molecule has 0 bridgehead atoms. The molecule has 0 spiro atoms. The molecule has 0 saturated carbocycles. The van der Waals surface area contributed by atoms with Crippen LogP contribution in [-0.4, -0.2) is 31.9 Å². The summed E-state index contributed by atoms with van der Waals surface area (Å²) in [6.45, 7) is 3.28. The van der Waals surface area contributed by atoms with E-state index in [0.29, 0.717) is 10.9 Å². The Morgan fingerprint density at radius 2 is 1.46 bits per heavy atom. The van der Waals surface area contributed by atoms with Gasteiger partial charge in [0.05, 0.1) is 11.4 Å². The van der Waals surface area contributed by atoms with Gasteiger partial charge in [-0.2, -0.15) is 16.8 Å². The number of sulfonamides is 2. The third kappa shape index (κ3) is 4.77. The molecular formula is C26H22N4O7S2. The molecule has 0 radical (unpaired) electrons. The van der Waals surface area contributed by atoms with Gasteiger partial charge in [0, 0.05) is 34.5 Å². The molecule has 0 unspecified atom stereocenters. The number of fused-ring (bicyclic) bond motifs is 2. The molecule has 0 fully saturated rings. The highest BCUT2D eigenvalue weighted by Gasteiger charge is 2.25. The molecule has 13 heteroatoms. The highest BCUT2D eigenvalue weighted by molar-refractivity contribution is 7.93. The minimum atomic E-state index is -4.15. The number of phenols is 1. The van der Waals surface area contributed by atoms with Crippen LogP contribution in [0.3, 0.4) is 0 Å². The van der Waals surface area contributed by atoms with Gasteiger partial charge >= 0.3 is 0 Å². The van der Waals surface area contributed by atoms with Crippen LogP contribution in [-0.2, 0) is 26.5 Å². The van der Waals surface area contributed by atoms with E-state index in [0.717, 1.165) is 0 Å². The fourth-order valence-corrected chi connectivity index (χ4v) is 6.17. The van der Waals surface area contributed by atoms with Gasteiger partial charge in [0.2, 0.25) is 5.43 Å². The van der Waals surface area contributed by atoms with Crippen LogP contribution in [0.25, 0.3) is 22.3 Å². The van der Waals surface area contributed by atoms with Gasteiger partial charge in [-0.05, 0) is 55.8 Å². The highest BCUT2D eigenvalue weighted by atomic mass is 32.2. The van der Waals surface area contributed by atoms with Gasteiger partial charge in [-0.15, -0.1) is 0 Å². The first-order valence-electron chi connectivity index (χ1n) is 11.7. The summed E-state index contributed by atoms with van der Waals surface area (Å²) in [7, 11) is -8.25. The van der Waals surface area contributed by atoms with Crippen molar-refractivity contribution in [3.8, 4) is 17.1 Å². The first-order valence-corrected chi connectivity index (χ1v) is 14.6. The van der Waals surface area contributed by atoms with E-state index in [2.05, 4.69) is 19.4 Å². The summed E-state index contributed by atoms with van der Waals surface area (Å²) in [5.41, 5.74) is 0.236. The van der Waals surface area contributed by atoms with E-state index in [9.17, 15) is 26.7 Å². The van der Waals surface area contributed by atoms with E-state index in [4.69, 9.17) is 4.42 Å². The summed E-state index contributed by atoms with van der Waals surface area (Å²) < 4.78 is 62.0. The maximum absolute atomic E-state index is 13.2. The normalized spacial score (nSPS) is 12.1. The lowest BCUT2D eigenvalue weighted by Gasteiger charge is -2.17. The summed E-state index contributed by atoms with van der Waals surface area (Å²) in [6, 6.07) is 13.2. The lowest BCUT2D eigenvalue weighted by molar-refractivity contribution is 0.472. The molecular weight excluding hydrogens is 544 g/mol. The fraction of sp³-hybridized carbons (Fsp3) is 0.115. The second kappa shape index (κ2) is 9.67. The Balaban J connectivity index is 1.66. The number of hydrogen-bond donors (Lipinski definition) is 3. The third-order valence-electron chi connectivity index (χ3n) is 6.05. The lowest BCUT2D eigenvalue weighted by Crippen LogP contribution is -2.22. The molecule has 39 heavy (non-hydrogen) atoms. The monoisotopic (exact) mass is 566 g/mol. The minimum Gasteiger partial charge on any atom is -0.505 e. The van der Waals surface area contributed by atoms with Crippen LogP contribution in [0, 0.1) is 6.92 Å². The molecule has 0 saturated heterocycles. The Bertz CT molecular complexity index is 1960. The molecule has 5 rings (SSSR count). The zero-order valence-electron chi connectivity index (χ0n) is 20.7. The van der Waals surface area contributed by atoms with Crippen LogP contribution in [0.4, 0.5) is 11.4 Å². The number of phenolic OH excluding ortho intramolecular Hbond substituents is 1. The average molecular weight is 567 g/mol. The fourth-order valence-electron chi connectivity index (χ4n) is 4.16. The first kappa shape index (κ1) is 26.1. The number of pyridine rings is 2. The van der Waals surface area contributed by atoms with Crippen LogP contribution in [0.5, 0.6) is 5.75 Å². The Morgan fingerprint density at radius 1 is 0.872 bits per heavy atom. The van der Waals surface area contributed by atoms with Gasteiger partial charge in [0.1, 0.15) is 17.1 Å².